The van der Waals surface area contributed by atoms with Crippen molar-refractivity contribution in [2.75, 3.05) is 20.3 Å². The highest BCUT2D eigenvalue weighted by Gasteiger charge is 2.10. The molecule has 0 saturated carbocycles. The largest absolute Gasteiger partial charge is 0.488 e. The minimum absolute atomic E-state index is 0.0113. The number of aromatic nitrogens is 1. The lowest BCUT2D eigenvalue weighted by Crippen LogP contribution is -2.19. The summed E-state index contributed by atoms with van der Waals surface area (Å²) in [5, 5.41) is 4.42. The molecule has 1 aromatic heterocycles. The number of nitrogens with zero attached hydrogens (tertiary/aromatic N) is 1. The van der Waals surface area contributed by atoms with Crippen LogP contribution in [-0.4, -0.2) is 31.3 Å². The number of hydrogen-bond donors (Lipinski definition) is 1. The molecule has 1 aromatic carbocycles. The summed E-state index contributed by atoms with van der Waals surface area (Å²) in [5.41, 5.74) is 1.97. The second kappa shape index (κ2) is 7.96. The van der Waals surface area contributed by atoms with Crippen molar-refractivity contribution in [3.8, 4) is 5.75 Å². The summed E-state index contributed by atoms with van der Waals surface area (Å²) in [7, 11) is 1.69. The first kappa shape index (κ1) is 15.7. The fraction of sp³-hybridized carbons (Fsp3) is 0.471. The molecule has 0 amide bonds. The Morgan fingerprint density at radius 2 is 2.10 bits per heavy atom. The van der Waals surface area contributed by atoms with Gasteiger partial charge in [-0.15, -0.1) is 0 Å². The molecule has 1 unspecified atom stereocenters. The molecule has 0 saturated heterocycles. The van der Waals surface area contributed by atoms with E-state index in [0.29, 0.717) is 6.61 Å². The third kappa shape index (κ3) is 4.41. The van der Waals surface area contributed by atoms with Gasteiger partial charge >= 0.3 is 0 Å². The van der Waals surface area contributed by atoms with E-state index < -0.39 is 0 Å². The molecular formula is C17H24N2O2. The number of pyridine rings is 1. The van der Waals surface area contributed by atoms with Crippen LogP contribution in [0.3, 0.4) is 0 Å². The van der Waals surface area contributed by atoms with Gasteiger partial charge in [0.15, 0.2) is 0 Å². The highest BCUT2D eigenvalue weighted by molar-refractivity contribution is 5.85. The predicted octanol–water partition coefficient (Wildman–Crippen LogP) is 3.15. The molecule has 4 nitrogen and oxygen atoms in total. The molecule has 0 aliphatic heterocycles. The van der Waals surface area contributed by atoms with Crippen molar-refractivity contribution in [2.24, 2.45) is 0 Å². The van der Waals surface area contributed by atoms with Crippen LogP contribution in [0.25, 0.3) is 10.9 Å². The van der Waals surface area contributed by atoms with Gasteiger partial charge in [0.1, 0.15) is 11.9 Å². The Morgan fingerprint density at radius 3 is 2.86 bits per heavy atom. The lowest BCUT2D eigenvalue weighted by atomic mass is 10.1. The first-order valence-corrected chi connectivity index (χ1v) is 7.49. The van der Waals surface area contributed by atoms with Crippen molar-refractivity contribution < 1.29 is 9.47 Å². The molecule has 0 fully saturated rings. The number of ether oxygens (including phenoxy) is 2. The molecular weight excluding hydrogens is 264 g/mol. The number of fused-ring (bicyclic) bond motifs is 1. The Balaban J connectivity index is 2.26. The lowest BCUT2D eigenvalue weighted by molar-refractivity contribution is 0.0930. The molecule has 4 heteroatoms. The Bertz CT molecular complexity index is 572. The minimum Gasteiger partial charge on any atom is -0.488 e. The van der Waals surface area contributed by atoms with Gasteiger partial charge in [-0.1, -0.05) is 19.1 Å². The quantitative estimate of drug-likeness (QED) is 0.758. The normalized spacial score (nSPS) is 12.5. The van der Waals surface area contributed by atoms with Crippen LogP contribution in [0.1, 0.15) is 26.0 Å². The van der Waals surface area contributed by atoms with Crippen molar-refractivity contribution in [1.29, 1.82) is 0 Å². The molecule has 2 rings (SSSR count). The maximum absolute atomic E-state index is 6.02. The van der Waals surface area contributed by atoms with E-state index in [2.05, 4.69) is 17.2 Å². The summed E-state index contributed by atoms with van der Waals surface area (Å²) >= 11 is 0. The number of benzene rings is 1. The lowest BCUT2D eigenvalue weighted by Gasteiger charge is -2.16. The van der Waals surface area contributed by atoms with Gasteiger partial charge in [0, 0.05) is 25.1 Å². The van der Waals surface area contributed by atoms with E-state index in [1.807, 2.05) is 37.3 Å². The van der Waals surface area contributed by atoms with Gasteiger partial charge in [0.25, 0.3) is 0 Å². The SMILES string of the molecule is CCCNCc1cc(OC(C)COC)c2ccccc2n1. The van der Waals surface area contributed by atoms with Crippen LogP contribution in [0.4, 0.5) is 0 Å². The van der Waals surface area contributed by atoms with E-state index >= 15 is 0 Å². The maximum Gasteiger partial charge on any atom is 0.131 e. The maximum atomic E-state index is 6.02. The molecule has 21 heavy (non-hydrogen) atoms. The van der Waals surface area contributed by atoms with Gasteiger partial charge in [-0.2, -0.15) is 0 Å². The van der Waals surface area contributed by atoms with Gasteiger partial charge in [0.2, 0.25) is 0 Å². The van der Waals surface area contributed by atoms with Gasteiger partial charge in [-0.25, -0.2) is 0 Å². The molecule has 1 N–H and O–H groups in total. The number of hydrogen-bond acceptors (Lipinski definition) is 4. The summed E-state index contributed by atoms with van der Waals surface area (Å²) in [5.74, 6) is 0.874. The first-order chi connectivity index (χ1) is 10.2. The molecule has 0 radical (unpaired) electrons. The molecule has 1 atom stereocenters. The van der Waals surface area contributed by atoms with E-state index in [-0.39, 0.29) is 6.10 Å². The van der Waals surface area contributed by atoms with E-state index in [9.17, 15) is 0 Å². The monoisotopic (exact) mass is 288 g/mol. The Labute approximate surface area is 126 Å². The number of nitrogens with one attached hydrogen (secondary N) is 1. The van der Waals surface area contributed by atoms with Crippen molar-refractivity contribution in [3.05, 3.63) is 36.0 Å². The van der Waals surface area contributed by atoms with E-state index in [1.165, 1.54) is 0 Å². The second-order valence-electron chi connectivity index (χ2n) is 5.19. The average Bonchev–Trinajstić information content (AvgIpc) is 2.48. The van der Waals surface area contributed by atoms with Crippen molar-refractivity contribution in [3.63, 3.8) is 0 Å². The highest BCUT2D eigenvalue weighted by Crippen LogP contribution is 2.26. The van der Waals surface area contributed by atoms with Crippen LogP contribution in [0.5, 0.6) is 5.75 Å². The van der Waals surface area contributed by atoms with Gasteiger partial charge in [-0.3, -0.25) is 4.98 Å². The molecule has 0 aliphatic carbocycles. The fourth-order valence-corrected chi connectivity index (χ4v) is 2.26. The van der Waals surface area contributed by atoms with E-state index in [0.717, 1.165) is 41.9 Å². The van der Waals surface area contributed by atoms with Crippen LogP contribution in [-0.2, 0) is 11.3 Å². The van der Waals surface area contributed by atoms with Crippen molar-refractivity contribution in [1.82, 2.24) is 10.3 Å². The summed E-state index contributed by atoms with van der Waals surface area (Å²) in [6.45, 7) is 6.48. The molecule has 2 aromatic rings. The third-order valence-electron chi connectivity index (χ3n) is 3.19. The second-order valence-corrected chi connectivity index (χ2v) is 5.19. The van der Waals surface area contributed by atoms with Gasteiger partial charge in [-0.05, 0) is 32.0 Å². The summed E-state index contributed by atoms with van der Waals surface area (Å²) in [6, 6.07) is 10.1. The van der Waals surface area contributed by atoms with E-state index in [1.54, 1.807) is 7.11 Å². The highest BCUT2D eigenvalue weighted by atomic mass is 16.5. The molecule has 1 heterocycles. The Morgan fingerprint density at radius 1 is 1.29 bits per heavy atom. The Kier molecular flexibility index (Phi) is 5.96. The summed E-state index contributed by atoms with van der Waals surface area (Å²) < 4.78 is 11.2. The fourth-order valence-electron chi connectivity index (χ4n) is 2.26. The molecule has 114 valence electrons. The number of para-hydroxylation sites is 1. The zero-order valence-electron chi connectivity index (χ0n) is 13.1. The summed E-state index contributed by atoms with van der Waals surface area (Å²) in [4.78, 5) is 4.69. The van der Waals surface area contributed by atoms with Crippen molar-refractivity contribution in [2.45, 2.75) is 32.9 Å². The van der Waals surface area contributed by atoms with Crippen molar-refractivity contribution >= 4 is 10.9 Å². The zero-order valence-corrected chi connectivity index (χ0v) is 13.1. The van der Waals surface area contributed by atoms with Crippen LogP contribution >= 0.6 is 0 Å². The summed E-state index contributed by atoms with van der Waals surface area (Å²) in [6.07, 6.45) is 1.12. The molecule has 0 spiro atoms. The molecule has 0 aliphatic rings. The van der Waals surface area contributed by atoms with Crippen LogP contribution in [0.15, 0.2) is 30.3 Å². The predicted molar refractivity (Wildman–Crippen MR) is 85.7 cm³/mol. The first-order valence-electron chi connectivity index (χ1n) is 7.49. The Hall–Kier alpha value is -1.65. The smallest absolute Gasteiger partial charge is 0.131 e. The van der Waals surface area contributed by atoms with Gasteiger partial charge in [0.05, 0.1) is 17.8 Å². The standard InChI is InChI=1S/C17H24N2O2/c1-4-9-18-11-14-10-17(21-13(2)12-20-3)15-7-5-6-8-16(15)19-14/h5-8,10,13,18H,4,9,11-12H2,1-3H3. The third-order valence-corrected chi connectivity index (χ3v) is 3.19. The number of rotatable bonds is 8. The van der Waals surface area contributed by atoms with Crippen LogP contribution in [0, 0.1) is 0 Å². The van der Waals surface area contributed by atoms with E-state index in [4.69, 9.17) is 9.47 Å². The minimum atomic E-state index is 0.0113. The van der Waals surface area contributed by atoms with Crippen LogP contribution < -0.4 is 10.1 Å². The zero-order chi connectivity index (χ0) is 15.1. The topological polar surface area (TPSA) is 43.4 Å². The van der Waals surface area contributed by atoms with Gasteiger partial charge < -0.3 is 14.8 Å². The van der Waals surface area contributed by atoms with Crippen LogP contribution in [0.2, 0.25) is 0 Å². The number of methoxy groups -OCH3 is 1. The molecule has 0 bridgehead atoms. The average molecular weight is 288 g/mol.